The lowest BCUT2D eigenvalue weighted by Gasteiger charge is -2.42. The highest BCUT2D eigenvalue weighted by Gasteiger charge is 2.34. The fraction of sp³-hybridized carbons (Fsp3) is 0.579. The number of hydrogen-bond donors (Lipinski definition) is 1. The monoisotopic (exact) mass is 271 g/mol. The minimum Gasteiger partial charge on any atom is -0.386 e. The van der Waals surface area contributed by atoms with Crippen LogP contribution in [0.2, 0.25) is 0 Å². The maximum Gasteiger partial charge on any atom is 0.0292 e. The Morgan fingerprint density at radius 2 is 2.20 bits per heavy atom. The Kier molecular flexibility index (Phi) is 6.17. The van der Waals surface area contributed by atoms with Crippen LogP contribution in [-0.2, 0) is 0 Å². The molecule has 1 fully saturated rings. The van der Waals surface area contributed by atoms with Crippen molar-refractivity contribution in [3.05, 3.63) is 49.2 Å². The highest BCUT2D eigenvalue weighted by atomic mass is 14.9. The summed E-state index contributed by atoms with van der Waals surface area (Å²) in [7, 11) is 0. The average molecular weight is 271 g/mol. The molecule has 2 aliphatic rings. The molecule has 0 bridgehead atoms. The van der Waals surface area contributed by atoms with Crippen LogP contribution in [0.25, 0.3) is 0 Å². The van der Waals surface area contributed by atoms with Crippen LogP contribution in [0.1, 0.15) is 51.4 Å². The van der Waals surface area contributed by atoms with Gasteiger partial charge in [0.15, 0.2) is 0 Å². The van der Waals surface area contributed by atoms with Gasteiger partial charge in [-0.05, 0) is 56.8 Å². The third-order valence-corrected chi connectivity index (χ3v) is 4.78. The topological polar surface area (TPSA) is 12.0 Å². The molecule has 1 N–H and O–H groups in total. The molecule has 0 amide bonds. The summed E-state index contributed by atoms with van der Waals surface area (Å²) in [6, 6.07) is 0.717. The molecule has 0 aromatic heterocycles. The van der Waals surface area contributed by atoms with Gasteiger partial charge in [-0.3, -0.25) is 0 Å². The van der Waals surface area contributed by atoms with Crippen LogP contribution in [0.4, 0.5) is 0 Å². The smallest absolute Gasteiger partial charge is 0.0292 e. The second-order valence-corrected chi connectivity index (χ2v) is 6.15. The second kappa shape index (κ2) is 8.14. The SMILES string of the molecule is C=CC=CC[C@@H]1CCC[C@@H]2NC(CCCC=C)=CC[C@@H]12. The number of allylic oxidation sites excluding steroid dienone is 6. The van der Waals surface area contributed by atoms with Crippen molar-refractivity contribution in [2.45, 2.75) is 57.4 Å². The summed E-state index contributed by atoms with van der Waals surface area (Å²) in [5.74, 6) is 1.68. The van der Waals surface area contributed by atoms with Crippen molar-refractivity contribution in [2.24, 2.45) is 11.8 Å². The van der Waals surface area contributed by atoms with Crippen molar-refractivity contribution in [1.82, 2.24) is 5.32 Å². The molecule has 1 aliphatic carbocycles. The van der Waals surface area contributed by atoms with E-state index < -0.39 is 0 Å². The van der Waals surface area contributed by atoms with E-state index in [-0.39, 0.29) is 0 Å². The maximum absolute atomic E-state index is 3.82. The lowest BCUT2D eigenvalue weighted by atomic mass is 9.71. The second-order valence-electron chi connectivity index (χ2n) is 6.15. The van der Waals surface area contributed by atoms with Gasteiger partial charge in [-0.1, -0.05) is 43.4 Å². The minimum absolute atomic E-state index is 0.717. The zero-order valence-electron chi connectivity index (χ0n) is 12.7. The van der Waals surface area contributed by atoms with E-state index >= 15 is 0 Å². The van der Waals surface area contributed by atoms with Gasteiger partial charge in [-0.25, -0.2) is 0 Å². The van der Waals surface area contributed by atoms with Crippen molar-refractivity contribution in [2.75, 3.05) is 0 Å². The summed E-state index contributed by atoms with van der Waals surface area (Å²) in [5, 5.41) is 3.82. The van der Waals surface area contributed by atoms with Crippen molar-refractivity contribution < 1.29 is 0 Å². The Hall–Kier alpha value is -1.24. The first-order valence-electron chi connectivity index (χ1n) is 8.19. The van der Waals surface area contributed by atoms with E-state index in [2.05, 4.69) is 36.7 Å². The third kappa shape index (κ3) is 4.13. The number of fused-ring (bicyclic) bond motifs is 1. The van der Waals surface area contributed by atoms with Gasteiger partial charge >= 0.3 is 0 Å². The van der Waals surface area contributed by atoms with Crippen LogP contribution in [0.3, 0.4) is 0 Å². The zero-order valence-corrected chi connectivity index (χ0v) is 12.7. The summed E-state index contributed by atoms with van der Waals surface area (Å²) in [6.45, 7) is 7.56. The standard InChI is InChI=1S/C19H29N/c1-3-5-7-10-16-11-9-13-19-18(16)15-14-17(20-19)12-8-6-4-2/h3-5,7,14,16,18-20H,1-2,6,8-13,15H2/t16-,18+,19+/m1/s1. The highest BCUT2D eigenvalue weighted by Crippen LogP contribution is 2.38. The van der Waals surface area contributed by atoms with Crippen molar-refractivity contribution >= 4 is 0 Å². The van der Waals surface area contributed by atoms with Crippen LogP contribution in [0.15, 0.2) is 49.2 Å². The van der Waals surface area contributed by atoms with Crippen LogP contribution in [-0.4, -0.2) is 6.04 Å². The van der Waals surface area contributed by atoms with Gasteiger partial charge < -0.3 is 5.32 Å². The molecule has 2 rings (SSSR count). The molecule has 0 aromatic rings. The summed E-state index contributed by atoms with van der Waals surface area (Å²) < 4.78 is 0. The molecule has 3 atom stereocenters. The first-order chi connectivity index (χ1) is 9.85. The number of hydrogen-bond acceptors (Lipinski definition) is 1. The quantitative estimate of drug-likeness (QED) is 0.384. The normalized spacial score (nSPS) is 29.4. The minimum atomic E-state index is 0.717. The fourth-order valence-corrected chi connectivity index (χ4v) is 3.72. The average Bonchev–Trinajstić information content (AvgIpc) is 2.48. The first kappa shape index (κ1) is 15.2. The van der Waals surface area contributed by atoms with Crippen LogP contribution in [0.5, 0.6) is 0 Å². The maximum atomic E-state index is 3.82. The van der Waals surface area contributed by atoms with E-state index in [1.54, 1.807) is 0 Å². The predicted molar refractivity (Wildman–Crippen MR) is 88.5 cm³/mol. The van der Waals surface area contributed by atoms with E-state index in [1.165, 1.54) is 50.6 Å². The van der Waals surface area contributed by atoms with E-state index in [4.69, 9.17) is 0 Å². The van der Waals surface area contributed by atoms with Crippen molar-refractivity contribution in [1.29, 1.82) is 0 Å². The molecule has 0 aromatic carbocycles. The molecular weight excluding hydrogens is 242 g/mol. The molecule has 110 valence electrons. The van der Waals surface area contributed by atoms with E-state index in [9.17, 15) is 0 Å². The predicted octanol–water partition coefficient (Wildman–Crippen LogP) is 5.14. The lowest BCUT2D eigenvalue weighted by Crippen LogP contribution is -2.44. The lowest BCUT2D eigenvalue weighted by molar-refractivity contribution is 0.176. The molecule has 20 heavy (non-hydrogen) atoms. The van der Waals surface area contributed by atoms with Gasteiger partial charge in [0.25, 0.3) is 0 Å². The Morgan fingerprint density at radius 3 is 3.00 bits per heavy atom. The molecule has 1 heterocycles. The number of rotatable bonds is 7. The van der Waals surface area contributed by atoms with Gasteiger partial charge in [-0.2, -0.15) is 0 Å². The zero-order chi connectivity index (χ0) is 14.2. The summed E-state index contributed by atoms with van der Waals surface area (Å²) >= 11 is 0. The molecule has 1 nitrogen and oxygen atoms in total. The Balaban J connectivity index is 1.89. The van der Waals surface area contributed by atoms with Gasteiger partial charge in [0.2, 0.25) is 0 Å². The molecule has 1 heteroatoms. The summed E-state index contributed by atoms with van der Waals surface area (Å²) in [6.07, 6.45) is 20.9. The van der Waals surface area contributed by atoms with E-state index in [1.807, 2.05) is 12.2 Å². The number of nitrogens with one attached hydrogen (secondary N) is 1. The summed E-state index contributed by atoms with van der Waals surface area (Å²) in [5.41, 5.74) is 1.48. The van der Waals surface area contributed by atoms with Crippen LogP contribution < -0.4 is 5.32 Å². The molecule has 0 saturated heterocycles. The van der Waals surface area contributed by atoms with Gasteiger partial charge in [-0.15, -0.1) is 6.58 Å². The molecular formula is C19H29N. The Bertz CT molecular complexity index is 377. The highest BCUT2D eigenvalue weighted by molar-refractivity contribution is 5.11. The molecule has 0 unspecified atom stereocenters. The van der Waals surface area contributed by atoms with Gasteiger partial charge in [0, 0.05) is 11.7 Å². The molecule has 0 radical (unpaired) electrons. The third-order valence-electron chi connectivity index (χ3n) is 4.78. The summed E-state index contributed by atoms with van der Waals surface area (Å²) in [4.78, 5) is 0. The van der Waals surface area contributed by atoms with Gasteiger partial charge in [0.1, 0.15) is 0 Å². The van der Waals surface area contributed by atoms with Crippen molar-refractivity contribution in [3.8, 4) is 0 Å². The van der Waals surface area contributed by atoms with E-state index in [0.29, 0.717) is 0 Å². The molecule has 1 aliphatic heterocycles. The van der Waals surface area contributed by atoms with Crippen LogP contribution in [0, 0.1) is 11.8 Å². The van der Waals surface area contributed by atoms with Crippen molar-refractivity contribution in [3.63, 3.8) is 0 Å². The first-order valence-corrected chi connectivity index (χ1v) is 8.19. The fourth-order valence-electron chi connectivity index (χ4n) is 3.72. The molecule has 0 spiro atoms. The van der Waals surface area contributed by atoms with E-state index in [0.717, 1.165) is 24.3 Å². The van der Waals surface area contributed by atoms with Crippen LogP contribution >= 0.6 is 0 Å². The Morgan fingerprint density at radius 1 is 1.30 bits per heavy atom. The number of unbranched alkanes of at least 4 members (excludes halogenated alkanes) is 1. The van der Waals surface area contributed by atoms with Gasteiger partial charge in [0.05, 0.1) is 0 Å². The molecule has 1 saturated carbocycles. The Labute approximate surface area is 124 Å². The largest absolute Gasteiger partial charge is 0.386 e.